The zero-order valence-electron chi connectivity index (χ0n) is 13.1. The van der Waals surface area contributed by atoms with Crippen LogP contribution < -0.4 is 10.6 Å². The van der Waals surface area contributed by atoms with Gasteiger partial charge in [-0.15, -0.1) is 11.3 Å². The van der Waals surface area contributed by atoms with Crippen molar-refractivity contribution < 1.29 is 9.59 Å². The predicted molar refractivity (Wildman–Crippen MR) is 92.7 cm³/mol. The number of carbonyl (C=O) groups excluding carboxylic acids is 2. The quantitative estimate of drug-likeness (QED) is 0.767. The van der Waals surface area contributed by atoms with Crippen LogP contribution in [0.2, 0.25) is 0 Å². The van der Waals surface area contributed by atoms with Crippen LogP contribution in [0.1, 0.15) is 39.5 Å². The summed E-state index contributed by atoms with van der Waals surface area (Å²) < 4.78 is 1.87. The van der Waals surface area contributed by atoms with E-state index >= 15 is 0 Å². The van der Waals surface area contributed by atoms with Crippen molar-refractivity contribution >= 4 is 33.7 Å². The van der Waals surface area contributed by atoms with Gasteiger partial charge in [0.25, 0.3) is 11.8 Å². The number of hydrogen-bond acceptors (Lipinski definition) is 4. The molecule has 0 radical (unpaired) electrons. The third kappa shape index (κ3) is 2.67. The summed E-state index contributed by atoms with van der Waals surface area (Å²) in [5, 5.41) is 8.12. The van der Waals surface area contributed by atoms with Crippen LogP contribution in [0.25, 0.3) is 5.52 Å². The maximum Gasteiger partial charge on any atom is 0.277 e. The molecule has 6 nitrogen and oxygen atoms in total. The Balaban J connectivity index is 1.60. The molecule has 0 atom stereocenters. The molecule has 2 N–H and O–H groups in total. The molecular formula is C17H16N4O2S. The van der Waals surface area contributed by atoms with Gasteiger partial charge in [-0.1, -0.05) is 6.07 Å². The molecule has 0 aliphatic heterocycles. The van der Waals surface area contributed by atoms with E-state index in [1.807, 2.05) is 35.7 Å². The maximum absolute atomic E-state index is 12.6. The molecule has 0 spiro atoms. The number of rotatable bonds is 4. The summed E-state index contributed by atoms with van der Waals surface area (Å²) in [5.41, 5.74) is 1.60. The Morgan fingerprint density at radius 2 is 2.08 bits per heavy atom. The van der Waals surface area contributed by atoms with Crippen LogP contribution in [0.15, 0.2) is 35.8 Å². The molecule has 1 fully saturated rings. The minimum Gasteiger partial charge on any atom is -0.349 e. The fourth-order valence-electron chi connectivity index (χ4n) is 2.60. The van der Waals surface area contributed by atoms with Crippen molar-refractivity contribution in [2.75, 3.05) is 5.32 Å². The number of anilines is 1. The summed E-state index contributed by atoms with van der Waals surface area (Å²) >= 11 is 1.33. The minimum atomic E-state index is -0.310. The Kier molecular flexibility index (Phi) is 3.57. The lowest BCUT2D eigenvalue weighted by Gasteiger charge is -2.06. The molecule has 3 aromatic heterocycles. The summed E-state index contributed by atoms with van der Waals surface area (Å²) in [5.74, 6) is 0.295. The number of nitrogens with zero attached hydrogens (tertiary/aromatic N) is 2. The van der Waals surface area contributed by atoms with Gasteiger partial charge in [0.05, 0.1) is 11.1 Å². The molecule has 0 bridgehead atoms. The Bertz CT molecular complexity index is 939. The summed E-state index contributed by atoms with van der Waals surface area (Å²) in [6.45, 7) is 1.85. The topological polar surface area (TPSA) is 75.5 Å². The average Bonchev–Trinajstić information content (AvgIpc) is 3.15. The number of nitrogens with one attached hydrogen (secondary N) is 2. The lowest BCUT2D eigenvalue weighted by molar-refractivity contribution is 0.0952. The van der Waals surface area contributed by atoms with E-state index in [1.165, 1.54) is 11.3 Å². The summed E-state index contributed by atoms with van der Waals surface area (Å²) in [6, 6.07) is 7.62. The highest BCUT2D eigenvalue weighted by Gasteiger charge is 2.26. The van der Waals surface area contributed by atoms with Gasteiger partial charge in [0.2, 0.25) is 0 Å². The second-order valence-electron chi connectivity index (χ2n) is 5.83. The normalized spacial score (nSPS) is 13.9. The third-order valence-corrected chi connectivity index (χ3v) is 4.82. The molecule has 0 saturated heterocycles. The number of pyridine rings is 1. The SMILES string of the molecule is Cc1nc(C(=O)Nc2sccc2C(=O)NC2CC2)c2ccccn12. The zero-order chi connectivity index (χ0) is 16.7. The molecule has 2 amide bonds. The van der Waals surface area contributed by atoms with Gasteiger partial charge in [-0.2, -0.15) is 0 Å². The van der Waals surface area contributed by atoms with Gasteiger partial charge >= 0.3 is 0 Å². The Hall–Kier alpha value is -2.67. The molecule has 122 valence electrons. The van der Waals surface area contributed by atoms with Crippen molar-refractivity contribution in [2.24, 2.45) is 0 Å². The largest absolute Gasteiger partial charge is 0.349 e. The summed E-state index contributed by atoms with van der Waals surface area (Å²) in [7, 11) is 0. The highest BCUT2D eigenvalue weighted by Crippen LogP contribution is 2.26. The third-order valence-electron chi connectivity index (χ3n) is 3.99. The van der Waals surface area contributed by atoms with Crippen molar-refractivity contribution in [3.63, 3.8) is 0 Å². The molecule has 4 rings (SSSR count). The van der Waals surface area contributed by atoms with Crippen LogP contribution in [0.3, 0.4) is 0 Å². The van der Waals surface area contributed by atoms with Gasteiger partial charge in [0.1, 0.15) is 10.8 Å². The van der Waals surface area contributed by atoms with Crippen LogP contribution in [0.5, 0.6) is 0 Å². The van der Waals surface area contributed by atoms with Gasteiger partial charge in [-0.25, -0.2) is 4.98 Å². The molecule has 3 aromatic rings. The van der Waals surface area contributed by atoms with Crippen LogP contribution in [-0.2, 0) is 0 Å². The summed E-state index contributed by atoms with van der Waals surface area (Å²) in [6.07, 6.45) is 3.92. The molecule has 1 saturated carbocycles. The van der Waals surface area contributed by atoms with E-state index in [1.54, 1.807) is 11.4 Å². The molecule has 1 aliphatic carbocycles. The first kappa shape index (κ1) is 14.9. The number of amides is 2. The standard InChI is InChI=1S/C17H16N4O2S/c1-10-18-14(13-4-2-3-8-21(10)13)16(23)20-17-12(7-9-24-17)15(22)19-11-5-6-11/h2-4,7-9,11H,5-6H2,1H3,(H,19,22)(H,20,23). The van der Waals surface area contributed by atoms with E-state index in [9.17, 15) is 9.59 Å². The number of hydrogen-bond donors (Lipinski definition) is 2. The minimum absolute atomic E-state index is 0.139. The lowest BCUT2D eigenvalue weighted by Crippen LogP contribution is -2.26. The average molecular weight is 340 g/mol. The number of carbonyl (C=O) groups is 2. The summed E-state index contributed by atoms with van der Waals surface area (Å²) in [4.78, 5) is 29.2. The molecular weight excluding hydrogens is 324 g/mol. The van der Waals surface area contributed by atoms with Crippen molar-refractivity contribution in [1.82, 2.24) is 14.7 Å². The highest BCUT2D eigenvalue weighted by molar-refractivity contribution is 7.14. The number of imidazole rings is 1. The molecule has 0 aromatic carbocycles. The maximum atomic E-state index is 12.6. The van der Waals surface area contributed by atoms with E-state index in [4.69, 9.17) is 0 Å². The smallest absolute Gasteiger partial charge is 0.277 e. The highest BCUT2D eigenvalue weighted by atomic mass is 32.1. The van der Waals surface area contributed by atoms with Crippen LogP contribution >= 0.6 is 11.3 Å². The first-order chi connectivity index (χ1) is 11.6. The van der Waals surface area contributed by atoms with E-state index in [0.29, 0.717) is 16.3 Å². The van der Waals surface area contributed by atoms with E-state index in [0.717, 1.165) is 24.2 Å². The predicted octanol–water partition coefficient (Wildman–Crippen LogP) is 2.85. The first-order valence-corrected chi connectivity index (χ1v) is 8.65. The van der Waals surface area contributed by atoms with E-state index in [2.05, 4.69) is 15.6 Å². The van der Waals surface area contributed by atoms with Crippen molar-refractivity contribution in [3.8, 4) is 0 Å². The van der Waals surface area contributed by atoms with Gasteiger partial charge in [-0.3, -0.25) is 9.59 Å². The van der Waals surface area contributed by atoms with Crippen molar-refractivity contribution in [2.45, 2.75) is 25.8 Å². The number of fused-ring (bicyclic) bond motifs is 1. The van der Waals surface area contributed by atoms with Gasteiger partial charge < -0.3 is 15.0 Å². The van der Waals surface area contributed by atoms with Crippen molar-refractivity contribution in [1.29, 1.82) is 0 Å². The number of aromatic nitrogens is 2. The molecule has 7 heteroatoms. The molecule has 3 heterocycles. The fraction of sp³-hybridized carbons (Fsp3) is 0.235. The van der Waals surface area contributed by atoms with Gasteiger partial charge in [-0.05, 0) is 43.3 Å². The van der Waals surface area contributed by atoms with Crippen LogP contribution in [0.4, 0.5) is 5.00 Å². The Morgan fingerprint density at radius 1 is 1.25 bits per heavy atom. The Labute approximate surface area is 142 Å². The van der Waals surface area contributed by atoms with Crippen LogP contribution in [-0.4, -0.2) is 27.2 Å². The Morgan fingerprint density at radius 3 is 2.88 bits per heavy atom. The zero-order valence-corrected chi connectivity index (χ0v) is 13.9. The van der Waals surface area contributed by atoms with Crippen LogP contribution in [0, 0.1) is 6.92 Å². The van der Waals surface area contributed by atoms with Gasteiger partial charge in [0, 0.05) is 12.2 Å². The molecule has 1 aliphatic rings. The number of thiophene rings is 1. The van der Waals surface area contributed by atoms with Gasteiger partial charge in [0.15, 0.2) is 5.69 Å². The monoisotopic (exact) mass is 340 g/mol. The lowest BCUT2D eigenvalue weighted by atomic mass is 10.2. The van der Waals surface area contributed by atoms with E-state index < -0.39 is 0 Å². The molecule has 24 heavy (non-hydrogen) atoms. The second-order valence-corrected chi connectivity index (χ2v) is 6.74. The van der Waals surface area contributed by atoms with Crippen molar-refractivity contribution in [3.05, 3.63) is 52.9 Å². The molecule has 0 unspecified atom stereocenters. The number of aryl methyl sites for hydroxylation is 1. The van der Waals surface area contributed by atoms with E-state index in [-0.39, 0.29) is 17.9 Å². The first-order valence-electron chi connectivity index (χ1n) is 7.77. The second kappa shape index (κ2) is 5.76. The fourth-order valence-corrected chi connectivity index (χ4v) is 3.38.